The molecule has 5 rings (SSSR count). The molecule has 1 aliphatic heterocycles. The number of aryl methyl sites for hydroxylation is 1. The summed E-state index contributed by atoms with van der Waals surface area (Å²) in [5, 5.41) is 4.94. The lowest BCUT2D eigenvalue weighted by atomic mass is 10.0. The monoisotopic (exact) mass is 490 g/mol. The first-order valence-electron chi connectivity index (χ1n) is 11.2. The number of ether oxygens (including phenoxy) is 1. The van der Waals surface area contributed by atoms with Crippen molar-refractivity contribution in [3.8, 4) is 5.75 Å². The third kappa shape index (κ3) is 4.83. The van der Waals surface area contributed by atoms with Crippen LogP contribution in [0.15, 0.2) is 89.8 Å². The number of carbonyl (C=O) groups excluding carboxylic acids is 1. The SMILES string of the molecule is O=C(COc1ccc2ccccc2c1)Nc1ccc2c(c1)CCCN2S(=O)(=O)c1ccc(F)cc1. The van der Waals surface area contributed by atoms with E-state index in [9.17, 15) is 17.6 Å². The average molecular weight is 491 g/mol. The lowest BCUT2D eigenvalue weighted by Gasteiger charge is -2.31. The molecule has 4 aromatic carbocycles. The van der Waals surface area contributed by atoms with Crippen LogP contribution in [0.3, 0.4) is 0 Å². The van der Waals surface area contributed by atoms with Crippen molar-refractivity contribution in [2.45, 2.75) is 17.7 Å². The van der Waals surface area contributed by atoms with E-state index in [1.807, 2.05) is 42.5 Å². The Kier molecular flexibility index (Phi) is 6.13. The van der Waals surface area contributed by atoms with Crippen LogP contribution in [0.25, 0.3) is 10.8 Å². The Morgan fingerprint density at radius 3 is 2.51 bits per heavy atom. The Bertz CT molecular complexity index is 1500. The molecule has 0 fully saturated rings. The molecule has 0 atom stereocenters. The van der Waals surface area contributed by atoms with Crippen molar-refractivity contribution in [2.75, 3.05) is 22.8 Å². The maximum atomic E-state index is 13.3. The molecule has 0 saturated carbocycles. The summed E-state index contributed by atoms with van der Waals surface area (Å²) in [7, 11) is -3.82. The first kappa shape index (κ1) is 22.9. The quantitative estimate of drug-likeness (QED) is 0.406. The van der Waals surface area contributed by atoms with E-state index in [1.165, 1.54) is 16.4 Å². The fourth-order valence-corrected chi connectivity index (χ4v) is 5.77. The van der Waals surface area contributed by atoms with Crippen molar-refractivity contribution in [2.24, 2.45) is 0 Å². The largest absolute Gasteiger partial charge is 0.484 e. The summed E-state index contributed by atoms with van der Waals surface area (Å²) >= 11 is 0. The predicted octanol–water partition coefficient (Wildman–Crippen LogP) is 5.14. The van der Waals surface area contributed by atoms with Gasteiger partial charge >= 0.3 is 0 Å². The minimum absolute atomic E-state index is 0.0370. The minimum Gasteiger partial charge on any atom is -0.484 e. The van der Waals surface area contributed by atoms with E-state index in [0.717, 1.165) is 28.5 Å². The number of benzene rings is 4. The molecule has 0 unspecified atom stereocenters. The van der Waals surface area contributed by atoms with Crippen molar-refractivity contribution < 1.29 is 22.3 Å². The number of amides is 1. The Labute approximate surface area is 203 Å². The number of fused-ring (bicyclic) bond motifs is 2. The molecule has 0 spiro atoms. The molecule has 4 aromatic rings. The second-order valence-corrected chi connectivity index (χ2v) is 10.2. The maximum absolute atomic E-state index is 13.3. The number of halogens is 1. The molecule has 0 bridgehead atoms. The Morgan fingerprint density at radius 1 is 0.943 bits per heavy atom. The summed E-state index contributed by atoms with van der Waals surface area (Å²) in [5.41, 5.74) is 1.94. The highest BCUT2D eigenvalue weighted by molar-refractivity contribution is 7.92. The van der Waals surface area contributed by atoms with E-state index in [0.29, 0.717) is 36.5 Å². The van der Waals surface area contributed by atoms with Gasteiger partial charge in [-0.2, -0.15) is 0 Å². The zero-order valence-electron chi connectivity index (χ0n) is 18.8. The zero-order valence-corrected chi connectivity index (χ0v) is 19.6. The standard InChI is InChI=1S/C27H23FN2O4S/c28-22-8-12-25(13-9-22)35(32,33)30-15-3-6-21-16-23(10-14-26(21)30)29-27(31)18-34-24-11-7-19-4-1-2-5-20(19)17-24/h1-2,4-5,7-14,16-17H,3,6,15,18H2,(H,29,31). The molecule has 0 saturated heterocycles. The highest BCUT2D eigenvalue weighted by atomic mass is 32.2. The van der Waals surface area contributed by atoms with Crippen molar-refractivity contribution in [3.05, 3.63) is 96.3 Å². The Balaban J connectivity index is 1.28. The molecule has 6 nitrogen and oxygen atoms in total. The second kappa shape index (κ2) is 9.38. The van der Waals surface area contributed by atoms with Gasteiger partial charge in [-0.15, -0.1) is 0 Å². The molecule has 0 radical (unpaired) electrons. The van der Waals surface area contributed by atoms with E-state index >= 15 is 0 Å². The van der Waals surface area contributed by atoms with Crippen LogP contribution in [0.4, 0.5) is 15.8 Å². The lowest BCUT2D eigenvalue weighted by Crippen LogP contribution is -2.35. The van der Waals surface area contributed by atoms with Gasteiger partial charge in [0.1, 0.15) is 11.6 Å². The molecule has 35 heavy (non-hydrogen) atoms. The molecule has 1 amide bonds. The Hall–Kier alpha value is -3.91. The van der Waals surface area contributed by atoms with Crippen LogP contribution in [0.1, 0.15) is 12.0 Å². The first-order chi connectivity index (χ1) is 16.9. The highest BCUT2D eigenvalue weighted by Crippen LogP contribution is 2.34. The Morgan fingerprint density at radius 2 is 1.71 bits per heavy atom. The minimum atomic E-state index is -3.82. The maximum Gasteiger partial charge on any atom is 0.264 e. The third-order valence-corrected chi connectivity index (χ3v) is 7.76. The molecule has 8 heteroatoms. The van der Waals surface area contributed by atoms with Crippen LogP contribution in [-0.4, -0.2) is 27.5 Å². The van der Waals surface area contributed by atoms with Crippen LogP contribution in [0.2, 0.25) is 0 Å². The van der Waals surface area contributed by atoms with Crippen molar-refractivity contribution in [1.82, 2.24) is 0 Å². The van der Waals surface area contributed by atoms with E-state index in [-0.39, 0.29) is 17.4 Å². The number of hydrogen-bond acceptors (Lipinski definition) is 4. The van der Waals surface area contributed by atoms with Crippen LogP contribution in [-0.2, 0) is 21.2 Å². The lowest BCUT2D eigenvalue weighted by molar-refractivity contribution is -0.118. The summed E-state index contributed by atoms with van der Waals surface area (Å²) in [6.07, 6.45) is 1.32. The summed E-state index contributed by atoms with van der Waals surface area (Å²) in [6, 6.07) is 23.5. The molecular formula is C27H23FN2O4S. The fraction of sp³-hybridized carbons (Fsp3) is 0.148. The van der Waals surface area contributed by atoms with Gasteiger partial charge < -0.3 is 10.1 Å². The van der Waals surface area contributed by atoms with Crippen molar-refractivity contribution in [1.29, 1.82) is 0 Å². The van der Waals surface area contributed by atoms with Crippen molar-refractivity contribution in [3.63, 3.8) is 0 Å². The number of rotatable bonds is 6. The second-order valence-electron chi connectivity index (χ2n) is 8.32. The summed E-state index contributed by atoms with van der Waals surface area (Å²) in [6.45, 7) is 0.179. The normalized spacial score (nSPS) is 13.3. The summed E-state index contributed by atoms with van der Waals surface area (Å²) < 4.78 is 46.5. The smallest absolute Gasteiger partial charge is 0.264 e. The van der Waals surface area contributed by atoms with Gasteiger partial charge in [0.2, 0.25) is 0 Å². The van der Waals surface area contributed by atoms with Gasteiger partial charge in [0, 0.05) is 12.2 Å². The van der Waals surface area contributed by atoms with Gasteiger partial charge in [-0.3, -0.25) is 9.10 Å². The molecule has 0 aliphatic carbocycles. The molecule has 1 N–H and O–H groups in total. The molecular weight excluding hydrogens is 467 g/mol. The van der Waals surface area contributed by atoms with Gasteiger partial charge in [-0.1, -0.05) is 30.3 Å². The molecule has 1 heterocycles. The van der Waals surface area contributed by atoms with E-state index in [2.05, 4.69) is 5.32 Å². The topological polar surface area (TPSA) is 75.7 Å². The number of nitrogens with zero attached hydrogens (tertiary/aromatic N) is 1. The summed E-state index contributed by atoms with van der Waals surface area (Å²) in [5.74, 6) is -0.205. The van der Waals surface area contributed by atoms with Crippen molar-refractivity contribution >= 4 is 38.1 Å². The number of anilines is 2. The zero-order chi connectivity index (χ0) is 24.4. The number of hydrogen-bond donors (Lipinski definition) is 1. The van der Waals surface area contributed by atoms with Crippen LogP contribution >= 0.6 is 0 Å². The van der Waals surface area contributed by atoms with Crippen LogP contribution in [0, 0.1) is 5.82 Å². The fourth-order valence-electron chi connectivity index (χ4n) is 4.23. The van der Waals surface area contributed by atoms with Gasteiger partial charge in [0.05, 0.1) is 10.6 Å². The first-order valence-corrected chi connectivity index (χ1v) is 12.7. The van der Waals surface area contributed by atoms with E-state index < -0.39 is 15.8 Å². The van der Waals surface area contributed by atoms with Gasteiger partial charge in [0.25, 0.3) is 15.9 Å². The number of sulfonamides is 1. The third-order valence-electron chi connectivity index (χ3n) is 5.93. The molecule has 178 valence electrons. The van der Waals surface area contributed by atoms with Gasteiger partial charge in [0.15, 0.2) is 6.61 Å². The van der Waals surface area contributed by atoms with E-state index in [1.54, 1.807) is 18.2 Å². The van der Waals surface area contributed by atoms with E-state index in [4.69, 9.17) is 4.74 Å². The molecule has 0 aromatic heterocycles. The van der Waals surface area contributed by atoms with Gasteiger partial charge in [-0.05, 0) is 83.8 Å². The average Bonchev–Trinajstić information content (AvgIpc) is 2.87. The predicted molar refractivity (Wildman–Crippen MR) is 134 cm³/mol. The number of carbonyl (C=O) groups is 1. The van der Waals surface area contributed by atoms with Gasteiger partial charge in [-0.25, -0.2) is 12.8 Å². The van der Waals surface area contributed by atoms with Crippen LogP contribution in [0.5, 0.6) is 5.75 Å². The highest BCUT2D eigenvalue weighted by Gasteiger charge is 2.29. The summed E-state index contributed by atoms with van der Waals surface area (Å²) in [4.78, 5) is 12.5. The van der Waals surface area contributed by atoms with Crippen LogP contribution < -0.4 is 14.4 Å². The number of nitrogens with one attached hydrogen (secondary N) is 1. The molecule has 1 aliphatic rings.